The zero-order chi connectivity index (χ0) is 11.5. The molecule has 1 aromatic rings. The van der Waals surface area contributed by atoms with Crippen molar-refractivity contribution < 1.29 is 9.90 Å². The Labute approximate surface area is 95.6 Å². The van der Waals surface area contributed by atoms with Gasteiger partial charge in [0.1, 0.15) is 0 Å². The van der Waals surface area contributed by atoms with Crippen molar-refractivity contribution >= 4 is 5.78 Å². The first-order valence-electron chi connectivity index (χ1n) is 5.70. The third kappa shape index (κ3) is 2.01. The fourth-order valence-electron chi connectivity index (χ4n) is 2.25. The summed E-state index contributed by atoms with van der Waals surface area (Å²) in [5, 5.41) is 9.83. The smallest absolute Gasteiger partial charge is 0.162 e. The van der Waals surface area contributed by atoms with Gasteiger partial charge in [-0.3, -0.25) is 4.79 Å². The van der Waals surface area contributed by atoms with Crippen LogP contribution >= 0.6 is 0 Å². The highest BCUT2D eigenvalue weighted by molar-refractivity contribution is 5.97. The number of hydrogen-bond acceptors (Lipinski definition) is 2. The van der Waals surface area contributed by atoms with E-state index in [4.69, 9.17) is 0 Å². The number of benzene rings is 1. The Hall–Kier alpha value is -1.57. The molecule has 0 fully saturated rings. The lowest BCUT2D eigenvalue weighted by atomic mass is 9.84. The predicted molar refractivity (Wildman–Crippen MR) is 63.4 cm³/mol. The normalized spacial score (nSPS) is 18.7. The van der Waals surface area contributed by atoms with Crippen LogP contribution in [0.3, 0.4) is 0 Å². The molecule has 16 heavy (non-hydrogen) atoms. The van der Waals surface area contributed by atoms with E-state index in [1.54, 1.807) is 0 Å². The number of Topliss-reactive ketones (excluding diaryl/α,β-unsaturated/α-hetero) is 1. The van der Waals surface area contributed by atoms with Crippen molar-refractivity contribution in [3.05, 3.63) is 47.2 Å². The van der Waals surface area contributed by atoms with E-state index in [2.05, 4.69) is 0 Å². The number of rotatable bonds is 2. The highest BCUT2D eigenvalue weighted by atomic mass is 16.3. The van der Waals surface area contributed by atoms with Gasteiger partial charge < -0.3 is 5.11 Å². The van der Waals surface area contributed by atoms with Crippen LogP contribution in [-0.2, 0) is 4.79 Å². The van der Waals surface area contributed by atoms with Gasteiger partial charge in [-0.25, -0.2) is 0 Å². The molecule has 1 aliphatic rings. The second-order valence-electron chi connectivity index (χ2n) is 4.27. The average molecular weight is 216 g/mol. The molecule has 0 saturated heterocycles. The molecular weight excluding hydrogens is 200 g/mol. The predicted octanol–water partition coefficient (Wildman–Crippen LogP) is 3.36. The van der Waals surface area contributed by atoms with E-state index in [0.717, 1.165) is 12.0 Å². The van der Waals surface area contributed by atoms with Gasteiger partial charge in [0.2, 0.25) is 0 Å². The number of allylic oxidation sites excluding steroid dienone is 2. The van der Waals surface area contributed by atoms with Gasteiger partial charge in [0.05, 0.1) is 5.76 Å². The van der Waals surface area contributed by atoms with Gasteiger partial charge in [-0.1, -0.05) is 37.3 Å². The molecule has 2 nitrogen and oxygen atoms in total. The lowest BCUT2D eigenvalue weighted by Gasteiger charge is -2.21. The molecule has 0 aliphatic heterocycles. The van der Waals surface area contributed by atoms with E-state index in [1.807, 2.05) is 37.3 Å². The van der Waals surface area contributed by atoms with E-state index >= 15 is 0 Å². The summed E-state index contributed by atoms with van der Waals surface area (Å²) >= 11 is 0. The van der Waals surface area contributed by atoms with E-state index < -0.39 is 0 Å². The van der Waals surface area contributed by atoms with Gasteiger partial charge in [-0.15, -0.1) is 0 Å². The van der Waals surface area contributed by atoms with Crippen LogP contribution in [0, 0.1) is 0 Å². The molecule has 84 valence electrons. The number of ketones is 1. The Bertz CT molecular complexity index is 418. The Morgan fingerprint density at radius 1 is 1.19 bits per heavy atom. The van der Waals surface area contributed by atoms with Crippen molar-refractivity contribution in [2.45, 2.75) is 32.1 Å². The summed E-state index contributed by atoms with van der Waals surface area (Å²) in [5.41, 5.74) is 1.69. The lowest BCUT2D eigenvalue weighted by molar-refractivity contribution is -0.116. The van der Waals surface area contributed by atoms with Crippen LogP contribution in [0.4, 0.5) is 0 Å². The Morgan fingerprint density at radius 2 is 1.88 bits per heavy atom. The van der Waals surface area contributed by atoms with Crippen LogP contribution in [0.2, 0.25) is 0 Å². The SMILES string of the molecule is CC(C1=C(O)CCCC1=O)c1ccccc1. The molecule has 0 aromatic heterocycles. The highest BCUT2D eigenvalue weighted by Crippen LogP contribution is 2.32. The van der Waals surface area contributed by atoms with Gasteiger partial charge in [0.15, 0.2) is 5.78 Å². The van der Waals surface area contributed by atoms with Crippen molar-refractivity contribution in [2.75, 3.05) is 0 Å². The Balaban J connectivity index is 2.34. The fraction of sp³-hybridized carbons (Fsp3) is 0.357. The lowest BCUT2D eigenvalue weighted by Crippen LogP contribution is -2.16. The topological polar surface area (TPSA) is 37.3 Å². The zero-order valence-corrected chi connectivity index (χ0v) is 9.44. The van der Waals surface area contributed by atoms with E-state index in [1.165, 1.54) is 0 Å². The summed E-state index contributed by atoms with van der Waals surface area (Å²) in [7, 11) is 0. The Morgan fingerprint density at radius 3 is 2.50 bits per heavy atom. The number of carbonyl (C=O) groups excluding carboxylic acids is 1. The minimum atomic E-state index is -0.00556. The number of aliphatic hydroxyl groups is 1. The molecule has 0 amide bonds. The molecule has 0 bridgehead atoms. The highest BCUT2D eigenvalue weighted by Gasteiger charge is 2.25. The molecule has 1 unspecified atom stereocenters. The number of carbonyl (C=O) groups is 1. The fourth-order valence-corrected chi connectivity index (χ4v) is 2.25. The number of hydrogen-bond donors (Lipinski definition) is 1. The Kier molecular flexibility index (Phi) is 3.09. The first-order valence-corrected chi connectivity index (χ1v) is 5.70. The minimum absolute atomic E-state index is 0.00556. The van der Waals surface area contributed by atoms with Crippen molar-refractivity contribution in [2.24, 2.45) is 0 Å². The summed E-state index contributed by atoms with van der Waals surface area (Å²) in [5.74, 6) is 0.377. The second-order valence-corrected chi connectivity index (χ2v) is 4.27. The van der Waals surface area contributed by atoms with Gasteiger partial charge in [-0.05, 0) is 12.0 Å². The summed E-state index contributed by atoms with van der Waals surface area (Å²) in [6.45, 7) is 1.98. The molecule has 0 heterocycles. The quantitative estimate of drug-likeness (QED) is 0.823. The molecule has 1 N–H and O–H groups in total. The van der Waals surface area contributed by atoms with Gasteiger partial charge >= 0.3 is 0 Å². The molecule has 1 aromatic carbocycles. The maximum Gasteiger partial charge on any atom is 0.162 e. The van der Waals surface area contributed by atoms with Crippen molar-refractivity contribution in [1.82, 2.24) is 0 Å². The first-order chi connectivity index (χ1) is 7.70. The van der Waals surface area contributed by atoms with Gasteiger partial charge in [-0.2, -0.15) is 0 Å². The summed E-state index contributed by atoms with van der Waals surface area (Å²) in [6.07, 6.45) is 1.98. The first kappa shape index (κ1) is 10.9. The molecule has 1 atom stereocenters. The maximum absolute atomic E-state index is 11.8. The summed E-state index contributed by atoms with van der Waals surface area (Å²) < 4.78 is 0. The molecule has 2 heteroatoms. The molecular formula is C14H16O2. The van der Waals surface area contributed by atoms with Crippen LogP contribution in [0.1, 0.15) is 37.7 Å². The van der Waals surface area contributed by atoms with E-state index in [9.17, 15) is 9.90 Å². The number of aliphatic hydroxyl groups excluding tert-OH is 1. The summed E-state index contributed by atoms with van der Waals surface area (Å²) in [4.78, 5) is 11.8. The van der Waals surface area contributed by atoms with Crippen molar-refractivity contribution in [3.8, 4) is 0 Å². The van der Waals surface area contributed by atoms with Gasteiger partial charge in [0.25, 0.3) is 0 Å². The molecule has 0 radical (unpaired) electrons. The van der Waals surface area contributed by atoms with Crippen LogP contribution < -0.4 is 0 Å². The van der Waals surface area contributed by atoms with E-state index in [-0.39, 0.29) is 17.5 Å². The van der Waals surface area contributed by atoms with Crippen LogP contribution in [0.25, 0.3) is 0 Å². The van der Waals surface area contributed by atoms with E-state index in [0.29, 0.717) is 18.4 Å². The third-order valence-electron chi connectivity index (χ3n) is 3.16. The maximum atomic E-state index is 11.8. The second kappa shape index (κ2) is 4.52. The van der Waals surface area contributed by atoms with Crippen LogP contribution in [0.5, 0.6) is 0 Å². The monoisotopic (exact) mass is 216 g/mol. The minimum Gasteiger partial charge on any atom is -0.512 e. The van der Waals surface area contributed by atoms with Crippen LogP contribution in [-0.4, -0.2) is 10.9 Å². The summed E-state index contributed by atoms with van der Waals surface area (Å²) in [6, 6.07) is 9.85. The molecule has 1 aliphatic carbocycles. The third-order valence-corrected chi connectivity index (χ3v) is 3.16. The van der Waals surface area contributed by atoms with Crippen molar-refractivity contribution in [3.63, 3.8) is 0 Å². The average Bonchev–Trinajstić information content (AvgIpc) is 2.30. The zero-order valence-electron chi connectivity index (χ0n) is 9.44. The van der Waals surface area contributed by atoms with Crippen molar-refractivity contribution in [1.29, 1.82) is 0 Å². The largest absolute Gasteiger partial charge is 0.512 e. The van der Waals surface area contributed by atoms with Gasteiger partial charge in [0, 0.05) is 24.3 Å². The molecule has 2 rings (SSSR count). The molecule has 0 saturated carbocycles. The molecule has 0 spiro atoms. The van der Waals surface area contributed by atoms with Crippen LogP contribution in [0.15, 0.2) is 41.7 Å². The standard InChI is InChI=1S/C14H16O2/c1-10(11-6-3-2-4-7-11)14-12(15)8-5-9-13(14)16/h2-4,6-7,10,15H,5,8-9H2,1H3.